The fourth-order valence-corrected chi connectivity index (χ4v) is 2.48. The van der Waals surface area contributed by atoms with Crippen molar-refractivity contribution in [1.29, 1.82) is 0 Å². The van der Waals surface area contributed by atoms with E-state index in [4.69, 9.17) is 0 Å². The number of carbonyl (C=O) groups is 2. The lowest BCUT2D eigenvalue weighted by molar-refractivity contribution is -0.119. The van der Waals surface area contributed by atoms with E-state index in [9.17, 15) is 9.59 Å². The maximum absolute atomic E-state index is 12.1. The van der Waals surface area contributed by atoms with Crippen LogP contribution < -0.4 is 10.6 Å². The third-order valence-electron chi connectivity index (χ3n) is 3.88. The Morgan fingerprint density at radius 1 is 1.29 bits per heavy atom. The van der Waals surface area contributed by atoms with E-state index >= 15 is 0 Å². The van der Waals surface area contributed by atoms with E-state index in [1.807, 2.05) is 0 Å². The summed E-state index contributed by atoms with van der Waals surface area (Å²) in [4.78, 5) is 25.5. The lowest BCUT2D eigenvalue weighted by Gasteiger charge is -2.42. The Bertz CT molecular complexity index is 523. The molecule has 1 aromatic carbocycles. The maximum atomic E-state index is 12.1. The number of nitrogens with one attached hydrogen (secondary N) is 2. The molecule has 1 fully saturated rings. The summed E-state index contributed by atoms with van der Waals surface area (Å²) >= 11 is 0. The Labute approximate surface area is 125 Å². The molecule has 1 aromatic rings. The number of rotatable bonds is 4. The predicted octanol–water partition coefficient (Wildman–Crippen LogP) is 1.51. The molecule has 2 rings (SSSR count). The van der Waals surface area contributed by atoms with Crippen LogP contribution in [0.4, 0.5) is 5.69 Å². The fourth-order valence-electron chi connectivity index (χ4n) is 2.48. The number of piperazine rings is 1. The summed E-state index contributed by atoms with van der Waals surface area (Å²) in [6.45, 7) is 8.83. The van der Waals surface area contributed by atoms with E-state index in [0.717, 1.165) is 25.3 Å². The highest BCUT2D eigenvalue weighted by atomic mass is 16.2. The number of hydrogen-bond acceptors (Lipinski definition) is 4. The topological polar surface area (TPSA) is 61.4 Å². The van der Waals surface area contributed by atoms with Gasteiger partial charge in [0.1, 0.15) is 0 Å². The van der Waals surface area contributed by atoms with E-state index in [-0.39, 0.29) is 17.2 Å². The van der Waals surface area contributed by atoms with Crippen LogP contribution in [-0.4, -0.2) is 48.3 Å². The van der Waals surface area contributed by atoms with Gasteiger partial charge in [-0.25, -0.2) is 0 Å². The van der Waals surface area contributed by atoms with Crippen molar-refractivity contribution < 1.29 is 9.59 Å². The average Bonchev–Trinajstić information content (AvgIpc) is 2.41. The summed E-state index contributed by atoms with van der Waals surface area (Å²) in [5.74, 6) is -0.00371. The van der Waals surface area contributed by atoms with Gasteiger partial charge in [-0.3, -0.25) is 14.5 Å². The second-order valence-electron chi connectivity index (χ2n) is 6.09. The van der Waals surface area contributed by atoms with Gasteiger partial charge < -0.3 is 10.6 Å². The number of nitrogens with zero attached hydrogens (tertiary/aromatic N) is 1. The summed E-state index contributed by atoms with van der Waals surface area (Å²) < 4.78 is 0. The van der Waals surface area contributed by atoms with Crippen LogP contribution in [-0.2, 0) is 4.79 Å². The molecule has 21 heavy (non-hydrogen) atoms. The van der Waals surface area contributed by atoms with Crippen LogP contribution >= 0.6 is 0 Å². The first-order chi connectivity index (χ1) is 9.88. The van der Waals surface area contributed by atoms with Gasteiger partial charge in [0.15, 0.2) is 5.78 Å². The van der Waals surface area contributed by atoms with Crippen LogP contribution in [0.5, 0.6) is 0 Å². The third-order valence-corrected chi connectivity index (χ3v) is 3.88. The van der Waals surface area contributed by atoms with E-state index in [2.05, 4.69) is 29.4 Å². The Hall–Kier alpha value is -1.72. The number of hydrogen-bond donors (Lipinski definition) is 2. The standard InChI is InChI=1S/C16H23N3O2/c1-12(20)13-4-6-14(7-5-13)18-15(21)10-19-9-8-17-11-16(19,2)3/h4-7,17H,8-11H2,1-3H3,(H,18,21). The quantitative estimate of drug-likeness (QED) is 0.825. The second kappa shape index (κ2) is 6.37. The molecule has 0 aromatic heterocycles. The molecule has 0 spiro atoms. The molecular formula is C16H23N3O2. The molecular weight excluding hydrogens is 266 g/mol. The molecule has 0 saturated carbocycles. The number of benzene rings is 1. The number of Topliss-reactive ketones (excluding diaryl/α,β-unsaturated/α-hetero) is 1. The Morgan fingerprint density at radius 2 is 1.95 bits per heavy atom. The number of anilines is 1. The Kier molecular flexibility index (Phi) is 4.75. The molecule has 0 aliphatic carbocycles. The lowest BCUT2D eigenvalue weighted by atomic mass is 10.0. The van der Waals surface area contributed by atoms with Gasteiger partial charge in [0, 0.05) is 36.4 Å². The van der Waals surface area contributed by atoms with Gasteiger partial charge in [-0.15, -0.1) is 0 Å². The second-order valence-corrected chi connectivity index (χ2v) is 6.09. The molecule has 0 atom stereocenters. The summed E-state index contributed by atoms with van der Waals surface area (Å²) in [6.07, 6.45) is 0. The van der Waals surface area contributed by atoms with Crippen molar-refractivity contribution in [3.8, 4) is 0 Å². The van der Waals surface area contributed by atoms with Crippen molar-refractivity contribution in [2.45, 2.75) is 26.3 Å². The zero-order chi connectivity index (χ0) is 15.5. The lowest BCUT2D eigenvalue weighted by Crippen LogP contribution is -2.59. The van der Waals surface area contributed by atoms with Crippen LogP contribution in [0.2, 0.25) is 0 Å². The van der Waals surface area contributed by atoms with E-state index in [0.29, 0.717) is 12.1 Å². The smallest absolute Gasteiger partial charge is 0.238 e. The molecule has 1 heterocycles. The summed E-state index contributed by atoms with van der Waals surface area (Å²) in [5, 5.41) is 6.22. The maximum Gasteiger partial charge on any atom is 0.238 e. The SMILES string of the molecule is CC(=O)c1ccc(NC(=O)CN2CCNCC2(C)C)cc1. The van der Waals surface area contributed by atoms with Crippen molar-refractivity contribution >= 4 is 17.4 Å². The van der Waals surface area contributed by atoms with E-state index in [1.165, 1.54) is 6.92 Å². The van der Waals surface area contributed by atoms with Crippen LogP contribution in [0.3, 0.4) is 0 Å². The molecule has 2 N–H and O–H groups in total. The first-order valence-electron chi connectivity index (χ1n) is 7.25. The van der Waals surface area contributed by atoms with Gasteiger partial charge in [0.25, 0.3) is 0 Å². The minimum atomic E-state index is -0.0273. The molecule has 5 heteroatoms. The van der Waals surface area contributed by atoms with Gasteiger partial charge in [0.05, 0.1) is 6.54 Å². The predicted molar refractivity (Wildman–Crippen MR) is 83.6 cm³/mol. The molecule has 1 saturated heterocycles. The summed E-state index contributed by atoms with van der Waals surface area (Å²) in [5.41, 5.74) is 1.35. The average molecular weight is 289 g/mol. The Balaban J connectivity index is 1.93. The summed E-state index contributed by atoms with van der Waals surface area (Å²) in [6, 6.07) is 6.98. The van der Waals surface area contributed by atoms with Crippen molar-refractivity contribution in [1.82, 2.24) is 10.2 Å². The first-order valence-corrected chi connectivity index (χ1v) is 7.25. The van der Waals surface area contributed by atoms with Crippen molar-refractivity contribution in [2.75, 3.05) is 31.5 Å². The first kappa shape index (κ1) is 15.7. The minimum absolute atomic E-state index is 0.0198. The zero-order valence-electron chi connectivity index (χ0n) is 12.9. The molecule has 1 aliphatic heterocycles. The number of carbonyl (C=O) groups excluding carboxylic acids is 2. The molecule has 114 valence electrons. The van der Waals surface area contributed by atoms with Gasteiger partial charge in [0.2, 0.25) is 5.91 Å². The van der Waals surface area contributed by atoms with Gasteiger partial charge in [-0.05, 0) is 45.0 Å². The zero-order valence-corrected chi connectivity index (χ0v) is 12.9. The number of ketones is 1. The molecule has 0 radical (unpaired) electrons. The van der Waals surface area contributed by atoms with Crippen LogP contribution in [0.1, 0.15) is 31.1 Å². The van der Waals surface area contributed by atoms with Crippen LogP contribution in [0.25, 0.3) is 0 Å². The Morgan fingerprint density at radius 3 is 2.52 bits per heavy atom. The molecule has 5 nitrogen and oxygen atoms in total. The largest absolute Gasteiger partial charge is 0.325 e. The van der Waals surface area contributed by atoms with Crippen LogP contribution in [0, 0.1) is 0 Å². The van der Waals surface area contributed by atoms with Crippen molar-refractivity contribution in [3.05, 3.63) is 29.8 Å². The van der Waals surface area contributed by atoms with Crippen LogP contribution in [0.15, 0.2) is 24.3 Å². The summed E-state index contributed by atoms with van der Waals surface area (Å²) in [7, 11) is 0. The van der Waals surface area contributed by atoms with E-state index < -0.39 is 0 Å². The van der Waals surface area contributed by atoms with Gasteiger partial charge in [-0.2, -0.15) is 0 Å². The molecule has 0 bridgehead atoms. The molecule has 1 amide bonds. The third kappa shape index (κ3) is 4.12. The normalized spacial score (nSPS) is 18.2. The minimum Gasteiger partial charge on any atom is -0.325 e. The highest BCUT2D eigenvalue weighted by molar-refractivity contribution is 5.96. The monoisotopic (exact) mass is 289 g/mol. The van der Waals surface area contributed by atoms with Gasteiger partial charge in [-0.1, -0.05) is 0 Å². The fraction of sp³-hybridized carbons (Fsp3) is 0.500. The highest BCUT2D eigenvalue weighted by Crippen LogP contribution is 2.16. The highest BCUT2D eigenvalue weighted by Gasteiger charge is 2.30. The van der Waals surface area contributed by atoms with Crippen molar-refractivity contribution in [2.24, 2.45) is 0 Å². The number of amides is 1. The molecule has 1 aliphatic rings. The van der Waals surface area contributed by atoms with Crippen molar-refractivity contribution in [3.63, 3.8) is 0 Å². The molecule has 0 unspecified atom stereocenters. The van der Waals surface area contributed by atoms with Gasteiger partial charge >= 0.3 is 0 Å². The van der Waals surface area contributed by atoms with E-state index in [1.54, 1.807) is 24.3 Å².